The summed E-state index contributed by atoms with van der Waals surface area (Å²) in [6.07, 6.45) is 0. The number of fused-ring (bicyclic) bond motifs is 1. The van der Waals surface area contributed by atoms with E-state index in [4.69, 9.17) is 39.5 Å². The van der Waals surface area contributed by atoms with Crippen molar-refractivity contribution in [2.75, 3.05) is 0 Å². The predicted molar refractivity (Wildman–Crippen MR) is 114 cm³/mol. The number of hydrogen-bond acceptors (Lipinski definition) is 3. The number of pyridine rings is 1. The van der Waals surface area contributed by atoms with Gasteiger partial charge in [0.15, 0.2) is 5.75 Å². The molecule has 0 aliphatic rings. The van der Waals surface area contributed by atoms with Gasteiger partial charge in [0.2, 0.25) is 0 Å². The maximum absolute atomic E-state index is 13.0. The van der Waals surface area contributed by atoms with E-state index in [1.54, 1.807) is 36.4 Å². The Morgan fingerprint density at radius 3 is 2.39 bits per heavy atom. The van der Waals surface area contributed by atoms with Gasteiger partial charge < -0.3 is 4.74 Å². The van der Waals surface area contributed by atoms with Crippen LogP contribution in [0.1, 0.15) is 10.4 Å². The van der Waals surface area contributed by atoms with Crippen LogP contribution in [0.2, 0.25) is 15.1 Å². The van der Waals surface area contributed by atoms with Crippen molar-refractivity contribution in [3.8, 4) is 17.0 Å². The van der Waals surface area contributed by atoms with Gasteiger partial charge in [0.25, 0.3) is 0 Å². The molecule has 0 radical (unpaired) electrons. The molecular formula is C22H12Cl3NO2. The molecule has 4 rings (SSSR count). The van der Waals surface area contributed by atoms with Crippen LogP contribution in [0, 0.1) is 0 Å². The molecule has 4 aromatic rings. The van der Waals surface area contributed by atoms with Gasteiger partial charge in [-0.05, 0) is 36.4 Å². The summed E-state index contributed by atoms with van der Waals surface area (Å²) >= 11 is 18.1. The maximum atomic E-state index is 13.0. The second-order valence-electron chi connectivity index (χ2n) is 6.02. The Hall–Kier alpha value is -2.59. The van der Waals surface area contributed by atoms with Crippen molar-refractivity contribution in [2.24, 2.45) is 0 Å². The van der Waals surface area contributed by atoms with Crippen LogP contribution in [0.3, 0.4) is 0 Å². The summed E-state index contributed by atoms with van der Waals surface area (Å²) in [5.41, 5.74) is 2.54. The first-order valence-corrected chi connectivity index (χ1v) is 9.48. The van der Waals surface area contributed by atoms with Crippen LogP contribution >= 0.6 is 34.8 Å². The van der Waals surface area contributed by atoms with Crippen LogP contribution < -0.4 is 4.74 Å². The number of benzene rings is 3. The third-order valence-corrected chi connectivity index (χ3v) is 5.25. The predicted octanol–water partition coefficient (Wildman–Crippen LogP) is 7.08. The zero-order valence-electron chi connectivity index (χ0n) is 14.3. The van der Waals surface area contributed by atoms with Gasteiger partial charge in [-0.3, -0.25) is 0 Å². The molecule has 28 heavy (non-hydrogen) atoms. The van der Waals surface area contributed by atoms with Crippen LogP contribution in [0.5, 0.6) is 5.75 Å². The highest BCUT2D eigenvalue weighted by atomic mass is 35.5. The number of carbonyl (C=O) groups is 1. The molecule has 0 spiro atoms. The Labute approximate surface area is 176 Å². The second-order valence-corrected chi connectivity index (χ2v) is 7.24. The molecule has 0 amide bonds. The summed E-state index contributed by atoms with van der Waals surface area (Å²) < 4.78 is 5.53. The average Bonchev–Trinajstić information content (AvgIpc) is 2.71. The van der Waals surface area contributed by atoms with E-state index < -0.39 is 5.97 Å². The van der Waals surface area contributed by atoms with Crippen molar-refractivity contribution in [2.45, 2.75) is 0 Å². The van der Waals surface area contributed by atoms with E-state index in [0.717, 1.165) is 5.56 Å². The number of nitrogens with zero attached hydrogens (tertiary/aromatic N) is 1. The Morgan fingerprint density at radius 1 is 0.857 bits per heavy atom. The number of halogens is 3. The number of aromatic nitrogens is 1. The Kier molecular flexibility index (Phi) is 5.23. The molecule has 0 aliphatic heterocycles. The third-order valence-electron chi connectivity index (χ3n) is 4.19. The summed E-state index contributed by atoms with van der Waals surface area (Å²) in [5.74, 6) is -0.342. The van der Waals surface area contributed by atoms with Crippen LogP contribution in [0.25, 0.3) is 22.2 Å². The van der Waals surface area contributed by atoms with Crippen LogP contribution in [0.4, 0.5) is 0 Å². The number of rotatable bonds is 3. The molecular weight excluding hydrogens is 417 g/mol. The minimum atomic E-state index is -0.544. The molecule has 1 aromatic heterocycles. The normalized spacial score (nSPS) is 10.8. The van der Waals surface area contributed by atoms with E-state index in [0.29, 0.717) is 32.2 Å². The number of ether oxygens (including phenoxy) is 1. The molecule has 0 saturated heterocycles. The molecule has 0 bridgehead atoms. The molecule has 3 nitrogen and oxygen atoms in total. The van der Waals surface area contributed by atoms with Crippen molar-refractivity contribution in [3.63, 3.8) is 0 Å². The fourth-order valence-electron chi connectivity index (χ4n) is 2.83. The molecule has 138 valence electrons. The van der Waals surface area contributed by atoms with Crippen LogP contribution in [-0.2, 0) is 0 Å². The first kappa shape index (κ1) is 18.8. The molecule has 0 atom stereocenters. The molecule has 3 aromatic carbocycles. The van der Waals surface area contributed by atoms with Gasteiger partial charge in [-0.25, -0.2) is 9.78 Å². The Morgan fingerprint density at radius 2 is 1.61 bits per heavy atom. The number of carbonyl (C=O) groups excluding carboxylic acids is 1. The summed E-state index contributed by atoms with van der Waals surface area (Å²) in [6.45, 7) is 0. The first-order chi connectivity index (χ1) is 13.5. The van der Waals surface area contributed by atoms with E-state index in [9.17, 15) is 4.79 Å². The minimum absolute atomic E-state index is 0.189. The second kappa shape index (κ2) is 7.80. The quantitative estimate of drug-likeness (QED) is 0.258. The van der Waals surface area contributed by atoms with Crippen molar-refractivity contribution in [1.29, 1.82) is 0 Å². The standard InChI is InChI=1S/C22H12Cl3NO2/c23-14-10-8-13(9-11-14)19-12-16(15-4-1-2-6-18(15)26-19)22(27)28-20-7-3-5-17(24)21(20)25/h1-12H. The highest BCUT2D eigenvalue weighted by molar-refractivity contribution is 6.43. The van der Waals surface area contributed by atoms with Crippen molar-refractivity contribution in [1.82, 2.24) is 4.98 Å². The van der Waals surface area contributed by atoms with Crippen LogP contribution in [-0.4, -0.2) is 11.0 Å². The SMILES string of the molecule is O=C(Oc1cccc(Cl)c1Cl)c1cc(-c2ccc(Cl)cc2)nc2ccccc12. The lowest BCUT2D eigenvalue weighted by atomic mass is 10.0. The Bertz CT molecular complexity index is 1190. The minimum Gasteiger partial charge on any atom is -0.421 e. The van der Waals surface area contributed by atoms with Crippen molar-refractivity contribution < 1.29 is 9.53 Å². The van der Waals surface area contributed by atoms with E-state index in [-0.39, 0.29) is 10.8 Å². The number of para-hydroxylation sites is 1. The van der Waals surface area contributed by atoms with Gasteiger partial charge >= 0.3 is 5.97 Å². The average molecular weight is 429 g/mol. The van der Waals surface area contributed by atoms with Crippen molar-refractivity contribution >= 4 is 51.7 Å². The Balaban J connectivity index is 1.81. The molecule has 0 N–H and O–H groups in total. The highest BCUT2D eigenvalue weighted by Crippen LogP contribution is 2.33. The fraction of sp³-hybridized carbons (Fsp3) is 0. The zero-order valence-corrected chi connectivity index (χ0v) is 16.6. The van der Waals surface area contributed by atoms with Crippen molar-refractivity contribution in [3.05, 3.63) is 93.4 Å². The topological polar surface area (TPSA) is 39.2 Å². The van der Waals surface area contributed by atoms with E-state index in [2.05, 4.69) is 4.98 Å². The number of hydrogen-bond donors (Lipinski definition) is 0. The zero-order chi connectivity index (χ0) is 19.7. The maximum Gasteiger partial charge on any atom is 0.344 e. The molecule has 0 aliphatic carbocycles. The first-order valence-electron chi connectivity index (χ1n) is 8.35. The summed E-state index contributed by atoms with van der Waals surface area (Å²) in [5, 5.41) is 1.81. The lowest BCUT2D eigenvalue weighted by Crippen LogP contribution is -2.10. The van der Waals surface area contributed by atoms with Gasteiger partial charge in [0, 0.05) is 16.0 Å². The molecule has 6 heteroatoms. The van der Waals surface area contributed by atoms with Gasteiger partial charge in [-0.15, -0.1) is 0 Å². The molecule has 0 fully saturated rings. The largest absolute Gasteiger partial charge is 0.421 e. The third kappa shape index (κ3) is 3.69. The fourth-order valence-corrected chi connectivity index (χ4v) is 3.29. The van der Waals surface area contributed by atoms with E-state index >= 15 is 0 Å². The smallest absolute Gasteiger partial charge is 0.344 e. The molecule has 0 unspecified atom stereocenters. The van der Waals surface area contributed by atoms with Gasteiger partial charge in [-0.1, -0.05) is 71.2 Å². The summed E-state index contributed by atoms with van der Waals surface area (Å²) in [4.78, 5) is 17.6. The summed E-state index contributed by atoms with van der Waals surface area (Å²) in [6, 6.07) is 21.2. The lowest BCUT2D eigenvalue weighted by molar-refractivity contribution is 0.0737. The van der Waals surface area contributed by atoms with Gasteiger partial charge in [0.05, 0.1) is 21.8 Å². The monoisotopic (exact) mass is 427 g/mol. The highest BCUT2D eigenvalue weighted by Gasteiger charge is 2.18. The molecule has 1 heterocycles. The van der Waals surface area contributed by atoms with E-state index in [1.165, 1.54) is 0 Å². The van der Waals surface area contributed by atoms with Crippen LogP contribution in [0.15, 0.2) is 72.8 Å². The van der Waals surface area contributed by atoms with Gasteiger partial charge in [0.1, 0.15) is 5.02 Å². The van der Waals surface area contributed by atoms with Gasteiger partial charge in [-0.2, -0.15) is 0 Å². The lowest BCUT2D eigenvalue weighted by Gasteiger charge is -2.11. The molecule has 0 saturated carbocycles. The number of esters is 1. The van der Waals surface area contributed by atoms with E-state index in [1.807, 2.05) is 36.4 Å². The summed E-state index contributed by atoms with van der Waals surface area (Å²) in [7, 11) is 0.